The maximum atomic E-state index is 11.1. The molecule has 0 aliphatic carbocycles. The Kier molecular flexibility index (Phi) is 3.27. The highest BCUT2D eigenvalue weighted by atomic mass is 16.1. The summed E-state index contributed by atoms with van der Waals surface area (Å²) in [6.07, 6.45) is 0. The van der Waals surface area contributed by atoms with Crippen molar-refractivity contribution >= 4 is 23.5 Å². The molecule has 7 heteroatoms. The first-order valence-electron chi connectivity index (χ1n) is 4.34. The molecule has 82 valence electrons. The molecule has 5 N–H and O–H groups in total. The number of rotatable bonds is 3. The number of nitrogen functional groups attached to an aromatic ring is 2. The van der Waals surface area contributed by atoms with Crippen LogP contribution < -0.4 is 21.7 Å². The third kappa shape index (κ3) is 2.97. The number of carbonyl (C=O) groups is 1. The molecule has 15 heavy (non-hydrogen) atoms. The first kappa shape index (κ1) is 11.0. The molecule has 7 nitrogen and oxygen atoms in total. The molecule has 0 aromatic carbocycles. The topological polar surface area (TPSA) is 110 Å². The third-order valence-electron chi connectivity index (χ3n) is 1.80. The van der Waals surface area contributed by atoms with Crippen LogP contribution in [-0.4, -0.2) is 36.5 Å². The van der Waals surface area contributed by atoms with Gasteiger partial charge in [-0.05, 0) is 0 Å². The summed E-state index contributed by atoms with van der Waals surface area (Å²) in [7, 11) is 3.29. The van der Waals surface area contributed by atoms with Crippen LogP contribution >= 0.6 is 0 Å². The van der Waals surface area contributed by atoms with Crippen LogP contribution in [0.25, 0.3) is 0 Å². The summed E-state index contributed by atoms with van der Waals surface area (Å²) in [4.78, 5) is 20.4. The van der Waals surface area contributed by atoms with Crippen molar-refractivity contribution in [2.45, 2.75) is 0 Å². The number of hydrogen-bond donors (Lipinski definition) is 3. The average Bonchev–Trinajstić information content (AvgIpc) is 2.16. The molecule has 0 aliphatic rings. The number of nitrogens with two attached hydrogens (primary N) is 2. The van der Waals surface area contributed by atoms with Crippen LogP contribution in [0.2, 0.25) is 0 Å². The SMILES string of the molecule is CNC(=O)CN(C)c1cc(N)nc(N)n1. The smallest absolute Gasteiger partial charge is 0.239 e. The van der Waals surface area contributed by atoms with Crippen LogP contribution in [-0.2, 0) is 4.79 Å². The van der Waals surface area contributed by atoms with E-state index in [9.17, 15) is 4.79 Å². The van der Waals surface area contributed by atoms with Crippen molar-refractivity contribution in [1.82, 2.24) is 15.3 Å². The van der Waals surface area contributed by atoms with Gasteiger partial charge in [0.25, 0.3) is 0 Å². The minimum Gasteiger partial charge on any atom is -0.383 e. The molecule has 1 rings (SSSR count). The van der Waals surface area contributed by atoms with Gasteiger partial charge >= 0.3 is 0 Å². The molecule has 0 radical (unpaired) electrons. The number of likely N-dealkylation sites (N-methyl/N-ethyl adjacent to an activating group) is 2. The summed E-state index contributed by atoms with van der Waals surface area (Å²) in [6.45, 7) is 0.187. The van der Waals surface area contributed by atoms with Crippen molar-refractivity contribution in [3.63, 3.8) is 0 Å². The fraction of sp³-hybridized carbons (Fsp3) is 0.375. The normalized spacial score (nSPS) is 9.73. The lowest BCUT2D eigenvalue weighted by Crippen LogP contribution is -2.33. The molecular formula is C8H14N6O. The van der Waals surface area contributed by atoms with E-state index >= 15 is 0 Å². The first-order chi connectivity index (χ1) is 7.02. The van der Waals surface area contributed by atoms with Crippen molar-refractivity contribution in [3.05, 3.63) is 6.07 Å². The van der Waals surface area contributed by atoms with Gasteiger partial charge in [-0.25, -0.2) is 0 Å². The Labute approximate surface area is 87.5 Å². The van der Waals surface area contributed by atoms with Crippen molar-refractivity contribution in [2.75, 3.05) is 37.0 Å². The third-order valence-corrected chi connectivity index (χ3v) is 1.80. The lowest BCUT2D eigenvalue weighted by molar-refractivity contribution is -0.119. The van der Waals surface area contributed by atoms with Gasteiger partial charge < -0.3 is 21.7 Å². The molecular weight excluding hydrogens is 196 g/mol. The number of nitrogens with one attached hydrogen (secondary N) is 1. The zero-order chi connectivity index (χ0) is 11.4. The van der Waals surface area contributed by atoms with Crippen molar-refractivity contribution in [3.8, 4) is 0 Å². The second kappa shape index (κ2) is 4.45. The number of anilines is 3. The lowest BCUT2D eigenvalue weighted by atomic mass is 10.4. The van der Waals surface area contributed by atoms with E-state index in [1.54, 1.807) is 25.1 Å². The summed E-state index contributed by atoms with van der Waals surface area (Å²) in [5.74, 6) is 0.770. The average molecular weight is 210 g/mol. The molecule has 1 aromatic rings. The molecule has 0 saturated carbocycles. The van der Waals surface area contributed by atoms with E-state index in [0.29, 0.717) is 5.82 Å². The molecule has 0 fully saturated rings. The fourth-order valence-electron chi connectivity index (χ4n) is 1.04. The highest BCUT2D eigenvalue weighted by Gasteiger charge is 2.08. The number of aromatic nitrogens is 2. The number of hydrogen-bond acceptors (Lipinski definition) is 6. The highest BCUT2D eigenvalue weighted by molar-refractivity contribution is 5.80. The summed E-state index contributed by atoms with van der Waals surface area (Å²) in [6, 6.07) is 1.55. The van der Waals surface area contributed by atoms with Crippen LogP contribution in [0.15, 0.2) is 6.07 Å². The Morgan fingerprint density at radius 1 is 1.53 bits per heavy atom. The summed E-state index contributed by atoms with van der Waals surface area (Å²) >= 11 is 0. The van der Waals surface area contributed by atoms with Gasteiger partial charge in [0.05, 0.1) is 6.54 Å². The summed E-state index contributed by atoms with van der Waals surface area (Å²) < 4.78 is 0. The molecule has 0 bridgehead atoms. The van der Waals surface area contributed by atoms with Gasteiger partial charge in [-0.15, -0.1) is 0 Å². The minimum absolute atomic E-state index is 0.0914. The van der Waals surface area contributed by atoms with E-state index in [1.165, 1.54) is 0 Å². The van der Waals surface area contributed by atoms with Crippen LogP contribution in [0, 0.1) is 0 Å². The molecule has 0 spiro atoms. The van der Waals surface area contributed by atoms with E-state index in [1.807, 2.05) is 0 Å². The van der Waals surface area contributed by atoms with Crippen LogP contribution in [0.4, 0.5) is 17.6 Å². The zero-order valence-corrected chi connectivity index (χ0v) is 8.69. The van der Waals surface area contributed by atoms with E-state index < -0.39 is 0 Å². The van der Waals surface area contributed by atoms with E-state index in [2.05, 4.69) is 15.3 Å². The van der Waals surface area contributed by atoms with E-state index in [-0.39, 0.29) is 24.2 Å². The van der Waals surface area contributed by atoms with Crippen LogP contribution in [0.1, 0.15) is 0 Å². The Morgan fingerprint density at radius 3 is 2.73 bits per heavy atom. The van der Waals surface area contributed by atoms with Gasteiger partial charge in [0.1, 0.15) is 11.6 Å². The maximum absolute atomic E-state index is 11.1. The van der Waals surface area contributed by atoms with E-state index in [0.717, 1.165) is 0 Å². The summed E-state index contributed by atoms with van der Waals surface area (Å²) in [5.41, 5.74) is 10.9. The van der Waals surface area contributed by atoms with Gasteiger partial charge in [0.15, 0.2) is 0 Å². The predicted molar refractivity (Wildman–Crippen MR) is 58.2 cm³/mol. The molecule has 1 heterocycles. The Balaban J connectivity index is 2.81. The fourth-order valence-corrected chi connectivity index (χ4v) is 1.04. The van der Waals surface area contributed by atoms with Crippen LogP contribution in [0.5, 0.6) is 0 Å². The van der Waals surface area contributed by atoms with Gasteiger partial charge in [0, 0.05) is 20.2 Å². The monoisotopic (exact) mass is 210 g/mol. The minimum atomic E-state index is -0.117. The lowest BCUT2D eigenvalue weighted by Gasteiger charge is -2.17. The van der Waals surface area contributed by atoms with Crippen LogP contribution in [0.3, 0.4) is 0 Å². The molecule has 0 unspecified atom stereocenters. The predicted octanol–water partition coefficient (Wildman–Crippen LogP) is -1.18. The maximum Gasteiger partial charge on any atom is 0.239 e. The number of carbonyl (C=O) groups excluding carboxylic acids is 1. The van der Waals surface area contributed by atoms with Crippen molar-refractivity contribution in [2.24, 2.45) is 0 Å². The van der Waals surface area contributed by atoms with E-state index in [4.69, 9.17) is 11.5 Å². The van der Waals surface area contributed by atoms with Crippen molar-refractivity contribution < 1.29 is 4.79 Å². The Morgan fingerprint density at radius 2 is 2.20 bits per heavy atom. The van der Waals surface area contributed by atoms with Gasteiger partial charge in [-0.1, -0.05) is 0 Å². The van der Waals surface area contributed by atoms with Crippen molar-refractivity contribution in [1.29, 1.82) is 0 Å². The Bertz CT molecular complexity index is 346. The molecule has 0 atom stereocenters. The van der Waals surface area contributed by atoms with Gasteiger partial charge in [0.2, 0.25) is 11.9 Å². The number of nitrogens with zero attached hydrogens (tertiary/aromatic N) is 3. The standard InChI is InChI=1S/C8H14N6O/c1-11-7(15)4-14(2)6-3-5(9)12-8(10)13-6/h3H,4H2,1-2H3,(H,11,15)(H4,9,10,12,13). The zero-order valence-electron chi connectivity index (χ0n) is 8.69. The van der Waals surface area contributed by atoms with Gasteiger partial charge in [-0.3, -0.25) is 4.79 Å². The van der Waals surface area contributed by atoms with Gasteiger partial charge in [-0.2, -0.15) is 9.97 Å². The highest BCUT2D eigenvalue weighted by Crippen LogP contribution is 2.12. The first-order valence-corrected chi connectivity index (χ1v) is 4.34. The molecule has 0 saturated heterocycles. The quantitative estimate of drug-likeness (QED) is 0.579. The second-order valence-corrected chi connectivity index (χ2v) is 3.04. The summed E-state index contributed by atoms with van der Waals surface area (Å²) in [5, 5.41) is 2.51. The second-order valence-electron chi connectivity index (χ2n) is 3.04. The molecule has 1 amide bonds. The Hall–Kier alpha value is -2.05. The number of amides is 1. The largest absolute Gasteiger partial charge is 0.383 e. The molecule has 1 aromatic heterocycles. The molecule has 0 aliphatic heterocycles.